The maximum absolute atomic E-state index is 12.1. The van der Waals surface area contributed by atoms with Gasteiger partial charge in [-0.3, -0.25) is 4.79 Å². The number of nitrogens with zero attached hydrogens (tertiary/aromatic N) is 2. The number of hydrogen-bond acceptors (Lipinski definition) is 5. The van der Waals surface area contributed by atoms with Gasteiger partial charge in [0, 0.05) is 18.0 Å². The van der Waals surface area contributed by atoms with E-state index < -0.39 is 0 Å². The summed E-state index contributed by atoms with van der Waals surface area (Å²) in [7, 11) is 0. The van der Waals surface area contributed by atoms with Gasteiger partial charge in [-0.25, -0.2) is 9.97 Å². The number of hydrogen-bond donors (Lipinski definition) is 0. The zero-order valence-corrected chi connectivity index (χ0v) is 9.50. The summed E-state index contributed by atoms with van der Waals surface area (Å²) in [5, 5.41) is 0. The largest absolute Gasteiger partial charge is 0.486 e. The van der Waals surface area contributed by atoms with Crippen LogP contribution in [-0.4, -0.2) is 29.0 Å². The van der Waals surface area contributed by atoms with Crippen LogP contribution in [0.4, 0.5) is 0 Å². The molecule has 0 aliphatic carbocycles. The first-order chi connectivity index (χ1) is 8.84. The van der Waals surface area contributed by atoms with E-state index in [-0.39, 0.29) is 11.6 Å². The van der Waals surface area contributed by atoms with Gasteiger partial charge in [-0.2, -0.15) is 0 Å². The van der Waals surface area contributed by atoms with Crippen molar-refractivity contribution in [1.29, 1.82) is 0 Å². The molecule has 1 aliphatic rings. The van der Waals surface area contributed by atoms with Gasteiger partial charge in [0.2, 0.25) is 11.6 Å². The summed E-state index contributed by atoms with van der Waals surface area (Å²) >= 11 is 0. The Balaban J connectivity index is 1.95. The molecule has 0 atom stereocenters. The summed E-state index contributed by atoms with van der Waals surface area (Å²) in [5.74, 6) is 1.19. The zero-order valence-electron chi connectivity index (χ0n) is 9.50. The van der Waals surface area contributed by atoms with Gasteiger partial charge in [0.15, 0.2) is 11.5 Å². The summed E-state index contributed by atoms with van der Waals surface area (Å²) in [5.41, 5.74) is 0.491. The molecule has 0 unspecified atom stereocenters. The molecule has 0 bridgehead atoms. The number of ketones is 1. The number of aromatic nitrogens is 2. The minimum absolute atomic E-state index is 0.175. The van der Waals surface area contributed by atoms with Crippen molar-refractivity contribution in [3.63, 3.8) is 0 Å². The molecule has 0 N–H and O–H groups in total. The number of carbonyl (C=O) groups is 1. The molecule has 5 nitrogen and oxygen atoms in total. The van der Waals surface area contributed by atoms with Crippen molar-refractivity contribution in [1.82, 2.24) is 9.97 Å². The fourth-order valence-electron chi connectivity index (χ4n) is 1.73. The van der Waals surface area contributed by atoms with Gasteiger partial charge in [0.25, 0.3) is 0 Å². The lowest BCUT2D eigenvalue weighted by Gasteiger charge is -2.18. The molecule has 0 radical (unpaired) electrons. The highest BCUT2D eigenvalue weighted by Gasteiger charge is 2.17. The molecule has 5 heteroatoms. The van der Waals surface area contributed by atoms with E-state index >= 15 is 0 Å². The first-order valence-corrected chi connectivity index (χ1v) is 5.56. The van der Waals surface area contributed by atoms with Crippen LogP contribution < -0.4 is 9.47 Å². The highest BCUT2D eigenvalue weighted by Crippen LogP contribution is 2.31. The number of carbonyl (C=O) groups excluding carboxylic acids is 1. The Bertz CT molecular complexity index is 584. The van der Waals surface area contributed by atoms with Crippen LogP contribution in [0.5, 0.6) is 11.5 Å². The normalized spacial score (nSPS) is 13.1. The molecule has 0 amide bonds. The smallest absolute Gasteiger partial charge is 0.230 e. The van der Waals surface area contributed by atoms with Crippen molar-refractivity contribution < 1.29 is 14.3 Å². The topological polar surface area (TPSA) is 61.3 Å². The van der Waals surface area contributed by atoms with Crippen molar-refractivity contribution >= 4 is 5.78 Å². The Morgan fingerprint density at radius 1 is 1.06 bits per heavy atom. The quantitative estimate of drug-likeness (QED) is 0.746. The van der Waals surface area contributed by atoms with E-state index in [4.69, 9.17) is 9.47 Å². The molecule has 3 rings (SSSR count). The lowest BCUT2D eigenvalue weighted by molar-refractivity contribution is 0.102. The first kappa shape index (κ1) is 10.7. The summed E-state index contributed by atoms with van der Waals surface area (Å²) in [6.45, 7) is 1.02. The molecule has 0 fully saturated rings. The molecule has 1 aromatic heterocycles. The van der Waals surface area contributed by atoms with Crippen molar-refractivity contribution in [3.8, 4) is 11.5 Å². The number of rotatable bonds is 2. The summed E-state index contributed by atoms with van der Waals surface area (Å²) in [6, 6.07) is 6.74. The zero-order chi connectivity index (χ0) is 12.4. The van der Waals surface area contributed by atoms with Gasteiger partial charge in [-0.15, -0.1) is 0 Å². The van der Waals surface area contributed by atoms with E-state index in [2.05, 4.69) is 9.97 Å². The average molecular weight is 242 g/mol. The molecule has 1 aliphatic heterocycles. The minimum atomic E-state index is -0.229. The van der Waals surface area contributed by atoms with Crippen molar-refractivity contribution in [2.45, 2.75) is 0 Å². The molecular formula is C13H10N2O3. The second kappa shape index (κ2) is 4.44. The molecule has 0 saturated carbocycles. The Morgan fingerprint density at radius 3 is 2.56 bits per heavy atom. The highest BCUT2D eigenvalue weighted by molar-refractivity contribution is 6.06. The van der Waals surface area contributed by atoms with Gasteiger partial charge in [-0.05, 0) is 24.3 Å². The van der Waals surface area contributed by atoms with E-state index in [0.29, 0.717) is 30.3 Å². The van der Waals surface area contributed by atoms with Gasteiger partial charge < -0.3 is 9.47 Å². The molecule has 0 spiro atoms. The third-order valence-corrected chi connectivity index (χ3v) is 2.57. The maximum atomic E-state index is 12.1. The second-order valence-corrected chi connectivity index (χ2v) is 3.76. The SMILES string of the molecule is O=C(c1ccc2c(c1)OCCO2)c1ncccn1. The molecule has 1 aromatic carbocycles. The highest BCUT2D eigenvalue weighted by atomic mass is 16.6. The van der Waals surface area contributed by atoms with E-state index in [1.54, 1.807) is 24.3 Å². The predicted molar refractivity (Wildman–Crippen MR) is 62.9 cm³/mol. The fourth-order valence-corrected chi connectivity index (χ4v) is 1.73. The van der Waals surface area contributed by atoms with Gasteiger partial charge in [0.05, 0.1) is 0 Å². The van der Waals surface area contributed by atoms with Crippen LogP contribution in [0.1, 0.15) is 16.2 Å². The minimum Gasteiger partial charge on any atom is -0.486 e. The molecule has 2 heterocycles. The van der Waals surface area contributed by atoms with Crippen LogP contribution in [0.25, 0.3) is 0 Å². The van der Waals surface area contributed by atoms with Crippen LogP contribution in [-0.2, 0) is 0 Å². The van der Waals surface area contributed by atoms with E-state index in [1.807, 2.05) is 0 Å². The van der Waals surface area contributed by atoms with Crippen LogP contribution in [0, 0.1) is 0 Å². The van der Waals surface area contributed by atoms with Crippen LogP contribution in [0.3, 0.4) is 0 Å². The summed E-state index contributed by atoms with van der Waals surface area (Å²) in [6.07, 6.45) is 3.08. The first-order valence-electron chi connectivity index (χ1n) is 5.56. The number of benzene rings is 1. The van der Waals surface area contributed by atoms with Gasteiger partial charge in [-0.1, -0.05) is 0 Å². The van der Waals surface area contributed by atoms with Crippen molar-refractivity contribution in [2.75, 3.05) is 13.2 Å². The van der Waals surface area contributed by atoms with Gasteiger partial charge >= 0.3 is 0 Å². The standard InChI is InChI=1S/C13H10N2O3/c16-12(13-14-4-1-5-15-13)9-2-3-10-11(8-9)18-7-6-17-10/h1-5,8H,6-7H2. The van der Waals surface area contributed by atoms with Gasteiger partial charge in [0.1, 0.15) is 13.2 Å². The summed E-state index contributed by atoms with van der Waals surface area (Å²) in [4.78, 5) is 20.0. The van der Waals surface area contributed by atoms with E-state index in [9.17, 15) is 4.79 Å². The maximum Gasteiger partial charge on any atom is 0.230 e. The van der Waals surface area contributed by atoms with E-state index in [0.717, 1.165) is 0 Å². The third kappa shape index (κ3) is 1.90. The Kier molecular flexibility index (Phi) is 2.64. The van der Waals surface area contributed by atoms with E-state index in [1.165, 1.54) is 12.4 Å². The molecule has 18 heavy (non-hydrogen) atoms. The Labute approximate surface area is 103 Å². The lowest BCUT2D eigenvalue weighted by Crippen LogP contribution is -2.16. The molecule has 0 saturated heterocycles. The van der Waals surface area contributed by atoms with Crippen LogP contribution in [0.2, 0.25) is 0 Å². The number of fused-ring (bicyclic) bond motifs is 1. The van der Waals surface area contributed by atoms with Crippen molar-refractivity contribution in [3.05, 3.63) is 48.0 Å². The molecular weight excluding hydrogens is 232 g/mol. The Hall–Kier alpha value is -2.43. The Morgan fingerprint density at radius 2 is 1.78 bits per heavy atom. The van der Waals surface area contributed by atoms with Crippen molar-refractivity contribution in [2.24, 2.45) is 0 Å². The number of ether oxygens (including phenoxy) is 2. The van der Waals surface area contributed by atoms with Crippen LogP contribution in [0.15, 0.2) is 36.7 Å². The lowest BCUT2D eigenvalue weighted by atomic mass is 10.1. The van der Waals surface area contributed by atoms with Crippen LogP contribution >= 0.6 is 0 Å². The third-order valence-electron chi connectivity index (χ3n) is 2.57. The molecule has 2 aromatic rings. The second-order valence-electron chi connectivity index (χ2n) is 3.76. The fraction of sp³-hybridized carbons (Fsp3) is 0.154. The monoisotopic (exact) mass is 242 g/mol. The average Bonchev–Trinajstić information content (AvgIpc) is 2.47. The molecule has 90 valence electrons. The summed E-state index contributed by atoms with van der Waals surface area (Å²) < 4.78 is 10.8. The predicted octanol–water partition coefficient (Wildman–Crippen LogP) is 1.48.